The Morgan fingerprint density at radius 1 is 1.31 bits per heavy atom. The van der Waals surface area contributed by atoms with Crippen molar-refractivity contribution in [2.24, 2.45) is 0 Å². The Labute approximate surface area is 79.9 Å². The zero-order valence-electron chi connectivity index (χ0n) is 8.46. The van der Waals surface area contributed by atoms with Crippen molar-refractivity contribution in [3.63, 3.8) is 0 Å². The maximum absolute atomic E-state index is 10.3. The van der Waals surface area contributed by atoms with E-state index in [0.717, 1.165) is 19.4 Å². The largest absolute Gasteiger partial charge is 0.481 e. The van der Waals surface area contributed by atoms with Crippen LogP contribution in [0.15, 0.2) is 0 Å². The Morgan fingerprint density at radius 3 is 2.46 bits per heavy atom. The van der Waals surface area contributed by atoms with Crippen molar-refractivity contribution in [3.8, 4) is 0 Å². The summed E-state index contributed by atoms with van der Waals surface area (Å²) in [5, 5.41) is 8.46. The Morgan fingerprint density at radius 2 is 1.92 bits per heavy atom. The van der Waals surface area contributed by atoms with Gasteiger partial charge in [-0.15, -0.1) is 0 Å². The fourth-order valence-corrected chi connectivity index (χ4v) is 2.09. The average Bonchev–Trinajstić information content (AvgIpc) is 2.47. The molecule has 1 aliphatic rings. The number of quaternary nitrogens is 1. The minimum Gasteiger partial charge on any atom is -0.481 e. The first kappa shape index (κ1) is 10.5. The number of nitrogens with zero attached hydrogens (tertiary/aromatic N) is 1. The summed E-state index contributed by atoms with van der Waals surface area (Å²) in [5.74, 6) is -0.663. The highest BCUT2D eigenvalue weighted by atomic mass is 16.4. The first-order chi connectivity index (χ1) is 6.12. The molecule has 0 aromatic carbocycles. The third kappa shape index (κ3) is 3.77. The molecule has 0 spiro atoms. The summed E-state index contributed by atoms with van der Waals surface area (Å²) in [7, 11) is 2.29. The van der Waals surface area contributed by atoms with E-state index in [9.17, 15) is 4.79 Å². The quantitative estimate of drug-likeness (QED) is 0.521. The van der Waals surface area contributed by atoms with Crippen LogP contribution >= 0.6 is 0 Å². The Bertz CT molecular complexity index is 174. The Kier molecular flexibility index (Phi) is 3.72. The van der Waals surface area contributed by atoms with E-state index in [1.807, 2.05) is 0 Å². The van der Waals surface area contributed by atoms with E-state index in [-0.39, 0.29) is 0 Å². The van der Waals surface area contributed by atoms with Crippen molar-refractivity contribution in [1.82, 2.24) is 0 Å². The third-order valence-corrected chi connectivity index (χ3v) is 2.98. The monoisotopic (exact) mass is 186 g/mol. The highest BCUT2D eigenvalue weighted by molar-refractivity contribution is 5.66. The van der Waals surface area contributed by atoms with Gasteiger partial charge in [0.2, 0.25) is 0 Å². The molecule has 0 atom stereocenters. The summed E-state index contributed by atoms with van der Waals surface area (Å²) in [4.78, 5) is 10.3. The normalized spacial score (nSPS) is 20.4. The van der Waals surface area contributed by atoms with Gasteiger partial charge >= 0.3 is 5.97 Å². The molecule has 1 aliphatic heterocycles. The van der Waals surface area contributed by atoms with Gasteiger partial charge in [0, 0.05) is 19.3 Å². The third-order valence-electron chi connectivity index (χ3n) is 2.98. The summed E-state index contributed by atoms with van der Waals surface area (Å²) in [6.07, 6.45) is 4.91. The summed E-state index contributed by atoms with van der Waals surface area (Å²) in [6.45, 7) is 3.73. The van der Waals surface area contributed by atoms with E-state index in [4.69, 9.17) is 5.11 Å². The minimum absolute atomic E-state index is 0.333. The molecular formula is C10H20NO2+. The molecule has 1 rings (SSSR count). The van der Waals surface area contributed by atoms with Crippen molar-refractivity contribution < 1.29 is 14.4 Å². The Hall–Kier alpha value is -0.570. The van der Waals surface area contributed by atoms with Crippen LogP contribution in [-0.2, 0) is 4.79 Å². The molecule has 1 heterocycles. The molecule has 3 heteroatoms. The number of hydrogen-bond acceptors (Lipinski definition) is 1. The maximum Gasteiger partial charge on any atom is 0.303 e. The van der Waals surface area contributed by atoms with Crippen LogP contribution in [0.3, 0.4) is 0 Å². The van der Waals surface area contributed by atoms with Crippen LogP contribution in [0, 0.1) is 0 Å². The van der Waals surface area contributed by atoms with E-state index in [1.165, 1.54) is 30.4 Å². The van der Waals surface area contributed by atoms with E-state index >= 15 is 0 Å². The van der Waals surface area contributed by atoms with Gasteiger partial charge < -0.3 is 9.59 Å². The fraction of sp³-hybridized carbons (Fsp3) is 0.900. The number of likely N-dealkylation sites (tertiary alicyclic amines) is 1. The topological polar surface area (TPSA) is 37.3 Å². The minimum atomic E-state index is -0.663. The van der Waals surface area contributed by atoms with Crippen LogP contribution in [0.2, 0.25) is 0 Å². The highest BCUT2D eigenvalue weighted by Gasteiger charge is 2.25. The molecule has 1 saturated heterocycles. The fourth-order valence-electron chi connectivity index (χ4n) is 2.09. The van der Waals surface area contributed by atoms with Crippen molar-refractivity contribution in [1.29, 1.82) is 0 Å². The molecule has 76 valence electrons. The predicted molar refractivity (Wildman–Crippen MR) is 51.5 cm³/mol. The zero-order valence-corrected chi connectivity index (χ0v) is 8.46. The highest BCUT2D eigenvalue weighted by Crippen LogP contribution is 2.17. The van der Waals surface area contributed by atoms with Gasteiger partial charge in [-0.3, -0.25) is 4.79 Å². The summed E-state index contributed by atoms with van der Waals surface area (Å²) in [6, 6.07) is 0. The number of rotatable bonds is 5. The number of carboxylic acids is 1. The second-order valence-corrected chi connectivity index (χ2v) is 4.35. The van der Waals surface area contributed by atoms with Crippen LogP contribution in [0.25, 0.3) is 0 Å². The van der Waals surface area contributed by atoms with E-state index in [2.05, 4.69) is 7.05 Å². The first-order valence-electron chi connectivity index (χ1n) is 5.18. The molecule has 1 N–H and O–H groups in total. The predicted octanol–water partition coefficient (Wildman–Crippen LogP) is 1.48. The SMILES string of the molecule is C[N+]1(CCCCC(=O)O)CCCC1. The molecule has 1 fully saturated rings. The van der Waals surface area contributed by atoms with Crippen molar-refractivity contribution in [3.05, 3.63) is 0 Å². The molecule has 3 nitrogen and oxygen atoms in total. The van der Waals surface area contributed by atoms with Crippen molar-refractivity contribution in [2.45, 2.75) is 32.1 Å². The molecule has 0 saturated carbocycles. The lowest BCUT2D eigenvalue weighted by Gasteiger charge is -2.28. The molecule has 0 unspecified atom stereocenters. The van der Waals surface area contributed by atoms with Crippen molar-refractivity contribution >= 4 is 5.97 Å². The summed E-state index contributed by atoms with van der Waals surface area (Å²) in [5.41, 5.74) is 0. The summed E-state index contributed by atoms with van der Waals surface area (Å²) >= 11 is 0. The smallest absolute Gasteiger partial charge is 0.303 e. The number of hydrogen-bond donors (Lipinski definition) is 1. The molecule has 13 heavy (non-hydrogen) atoms. The maximum atomic E-state index is 10.3. The van der Waals surface area contributed by atoms with Gasteiger partial charge in [0.25, 0.3) is 0 Å². The second kappa shape index (κ2) is 4.61. The standard InChI is InChI=1S/C10H19NO2/c1-11(8-4-5-9-11)7-3-2-6-10(12)13/h2-9H2,1H3/p+1. The van der Waals surface area contributed by atoms with Crippen LogP contribution in [0.4, 0.5) is 0 Å². The van der Waals surface area contributed by atoms with Crippen LogP contribution in [0.5, 0.6) is 0 Å². The average molecular weight is 186 g/mol. The van der Waals surface area contributed by atoms with Gasteiger partial charge in [0.05, 0.1) is 26.7 Å². The molecule has 0 aromatic heterocycles. The lowest BCUT2D eigenvalue weighted by Crippen LogP contribution is -2.41. The lowest BCUT2D eigenvalue weighted by molar-refractivity contribution is -0.897. The van der Waals surface area contributed by atoms with Gasteiger partial charge in [-0.25, -0.2) is 0 Å². The van der Waals surface area contributed by atoms with Gasteiger partial charge in [-0.05, 0) is 12.8 Å². The van der Waals surface area contributed by atoms with Gasteiger partial charge in [-0.2, -0.15) is 0 Å². The van der Waals surface area contributed by atoms with E-state index in [1.54, 1.807) is 0 Å². The molecule has 0 bridgehead atoms. The first-order valence-corrected chi connectivity index (χ1v) is 5.18. The number of aliphatic carboxylic acids is 1. The Balaban J connectivity index is 2.07. The number of carbonyl (C=O) groups is 1. The van der Waals surface area contributed by atoms with Crippen LogP contribution in [0.1, 0.15) is 32.1 Å². The van der Waals surface area contributed by atoms with E-state index in [0.29, 0.717) is 6.42 Å². The molecule has 0 aliphatic carbocycles. The van der Waals surface area contributed by atoms with Gasteiger partial charge in [0.15, 0.2) is 0 Å². The summed E-state index contributed by atoms with van der Waals surface area (Å²) < 4.78 is 1.17. The van der Waals surface area contributed by atoms with Crippen molar-refractivity contribution in [2.75, 3.05) is 26.7 Å². The lowest BCUT2D eigenvalue weighted by atomic mass is 10.2. The molecule has 0 aromatic rings. The van der Waals surface area contributed by atoms with Crippen LogP contribution in [-0.4, -0.2) is 42.2 Å². The second-order valence-electron chi connectivity index (χ2n) is 4.35. The number of unbranched alkanes of at least 4 members (excludes halogenated alkanes) is 1. The van der Waals surface area contributed by atoms with E-state index < -0.39 is 5.97 Å². The van der Waals surface area contributed by atoms with Gasteiger partial charge in [0.1, 0.15) is 0 Å². The zero-order chi connectivity index (χ0) is 9.73. The van der Waals surface area contributed by atoms with Gasteiger partial charge in [-0.1, -0.05) is 0 Å². The van der Waals surface area contributed by atoms with Crippen LogP contribution < -0.4 is 0 Å². The molecular weight excluding hydrogens is 166 g/mol. The molecule has 0 radical (unpaired) electrons. The number of carboxylic acid groups (broad SMARTS) is 1. The molecule has 0 amide bonds.